The second-order valence-corrected chi connectivity index (χ2v) is 5.97. The Hall–Kier alpha value is -0.560. The summed E-state index contributed by atoms with van der Waals surface area (Å²) in [7, 11) is 4.77. The van der Waals surface area contributed by atoms with Crippen LogP contribution in [0.3, 0.4) is 0 Å². The van der Waals surface area contributed by atoms with Crippen molar-refractivity contribution in [2.24, 2.45) is 5.92 Å². The summed E-state index contributed by atoms with van der Waals surface area (Å²) in [5.41, 5.74) is 1.58. The zero-order valence-corrected chi connectivity index (χ0v) is 11.1. The van der Waals surface area contributed by atoms with E-state index in [2.05, 4.69) is 39.2 Å². The second-order valence-electron chi connectivity index (χ2n) is 5.97. The molecule has 2 aliphatic carbocycles. The molecule has 2 rings (SSSR count). The van der Waals surface area contributed by atoms with E-state index in [9.17, 15) is 0 Å². The molecule has 2 aliphatic rings. The predicted molar refractivity (Wildman–Crippen MR) is 70.0 cm³/mol. The molecule has 1 fully saturated rings. The van der Waals surface area contributed by atoms with Crippen molar-refractivity contribution in [3.8, 4) is 0 Å². The van der Waals surface area contributed by atoms with E-state index in [0.29, 0.717) is 0 Å². The van der Waals surface area contributed by atoms with E-state index in [1.54, 1.807) is 5.70 Å². The van der Waals surface area contributed by atoms with Gasteiger partial charge in [0.2, 0.25) is 0 Å². The molecule has 16 heavy (non-hydrogen) atoms. The van der Waals surface area contributed by atoms with Gasteiger partial charge in [0.1, 0.15) is 5.70 Å². The zero-order chi connectivity index (χ0) is 11.6. The molecular formula is C15H26N+. The van der Waals surface area contributed by atoms with E-state index in [0.717, 1.165) is 22.9 Å². The van der Waals surface area contributed by atoms with E-state index in [4.69, 9.17) is 0 Å². The average Bonchev–Trinajstić information content (AvgIpc) is 2.83. The van der Waals surface area contributed by atoms with Crippen molar-refractivity contribution >= 4 is 0 Å². The highest BCUT2D eigenvalue weighted by atomic mass is 15.3. The molecule has 1 heteroatoms. The quantitative estimate of drug-likeness (QED) is 0.633. The van der Waals surface area contributed by atoms with E-state index in [-0.39, 0.29) is 0 Å². The molecule has 0 amide bonds. The van der Waals surface area contributed by atoms with Gasteiger partial charge < -0.3 is 0 Å². The Morgan fingerprint density at radius 3 is 2.44 bits per heavy atom. The standard InChI is InChI=1S/C15H26N/c1-13(14-9-5-4-6-10-14)16(2,3)15-11-7-8-12-15/h7-8,11,13-14H,4-6,9-10,12H2,1-3H3/q+1. The molecule has 0 heterocycles. The number of nitrogens with zero attached hydrogens (tertiary/aromatic N) is 1. The van der Waals surface area contributed by atoms with Gasteiger partial charge in [-0.05, 0) is 25.8 Å². The summed E-state index contributed by atoms with van der Waals surface area (Å²) in [6, 6.07) is 0.770. The molecule has 90 valence electrons. The lowest BCUT2D eigenvalue weighted by Crippen LogP contribution is -2.50. The van der Waals surface area contributed by atoms with Crippen LogP contribution in [0.25, 0.3) is 0 Å². The van der Waals surface area contributed by atoms with E-state index < -0.39 is 0 Å². The normalized spacial score (nSPS) is 24.6. The summed E-state index contributed by atoms with van der Waals surface area (Å²) < 4.78 is 1.09. The van der Waals surface area contributed by atoms with Crippen molar-refractivity contribution in [1.82, 2.24) is 0 Å². The first-order valence-electron chi connectivity index (χ1n) is 6.82. The Bertz CT molecular complexity index is 293. The Morgan fingerprint density at radius 2 is 1.88 bits per heavy atom. The molecule has 1 saturated carbocycles. The molecule has 0 bridgehead atoms. The van der Waals surface area contributed by atoms with Crippen LogP contribution in [0.2, 0.25) is 0 Å². The van der Waals surface area contributed by atoms with E-state index >= 15 is 0 Å². The molecule has 0 spiro atoms. The fraction of sp³-hybridized carbons (Fsp3) is 0.733. The first-order valence-corrected chi connectivity index (χ1v) is 6.82. The van der Waals surface area contributed by atoms with Crippen molar-refractivity contribution in [3.05, 3.63) is 23.9 Å². The highest BCUT2D eigenvalue weighted by Gasteiger charge is 2.35. The fourth-order valence-electron chi connectivity index (χ4n) is 3.27. The number of rotatable bonds is 3. The van der Waals surface area contributed by atoms with Crippen LogP contribution in [-0.2, 0) is 0 Å². The maximum atomic E-state index is 2.45. The van der Waals surface area contributed by atoms with Crippen molar-refractivity contribution in [2.45, 2.75) is 51.5 Å². The van der Waals surface area contributed by atoms with Crippen molar-refractivity contribution in [1.29, 1.82) is 0 Å². The maximum absolute atomic E-state index is 2.45. The van der Waals surface area contributed by atoms with Gasteiger partial charge in [-0.15, -0.1) is 0 Å². The number of quaternary nitrogens is 1. The van der Waals surface area contributed by atoms with Gasteiger partial charge in [0.05, 0.1) is 20.1 Å². The zero-order valence-electron chi connectivity index (χ0n) is 11.1. The largest absolute Gasteiger partial charge is 0.297 e. The summed E-state index contributed by atoms with van der Waals surface area (Å²) >= 11 is 0. The van der Waals surface area contributed by atoms with Gasteiger partial charge in [0.15, 0.2) is 0 Å². The van der Waals surface area contributed by atoms with Gasteiger partial charge >= 0.3 is 0 Å². The minimum atomic E-state index is 0.770. The molecule has 0 radical (unpaired) electrons. The SMILES string of the molecule is CC(C1CCCCC1)[N+](C)(C)C1=CC=CC1. The van der Waals surface area contributed by atoms with Crippen molar-refractivity contribution in [3.63, 3.8) is 0 Å². The summed E-state index contributed by atoms with van der Waals surface area (Å²) in [5, 5.41) is 0. The third kappa shape index (κ3) is 2.24. The molecular weight excluding hydrogens is 194 g/mol. The molecule has 1 nitrogen and oxygen atoms in total. The van der Waals surface area contributed by atoms with Crippen LogP contribution < -0.4 is 0 Å². The van der Waals surface area contributed by atoms with Gasteiger partial charge in [0, 0.05) is 12.3 Å². The summed E-state index contributed by atoms with van der Waals surface area (Å²) in [4.78, 5) is 0. The van der Waals surface area contributed by atoms with Gasteiger partial charge in [-0.25, -0.2) is 0 Å². The molecule has 1 unspecified atom stereocenters. The minimum absolute atomic E-state index is 0.770. The Morgan fingerprint density at radius 1 is 1.19 bits per heavy atom. The fourth-order valence-corrected chi connectivity index (χ4v) is 3.27. The lowest BCUT2D eigenvalue weighted by atomic mass is 9.83. The summed E-state index contributed by atoms with van der Waals surface area (Å²) in [6.45, 7) is 2.45. The van der Waals surface area contributed by atoms with Gasteiger partial charge in [-0.3, -0.25) is 4.48 Å². The Kier molecular flexibility index (Phi) is 3.53. The molecule has 0 aromatic heterocycles. The molecule has 0 aliphatic heterocycles. The predicted octanol–water partition coefficient (Wildman–Crippen LogP) is 3.88. The molecule has 0 aromatic rings. The second kappa shape index (κ2) is 4.75. The molecule has 0 N–H and O–H groups in total. The average molecular weight is 220 g/mol. The number of hydrogen-bond acceptors (Lipinski definition) is 0. The monoisotopic (exact) mass is 220 g/mol. The first-order chi connectivity index (χ1) is 7.62. The third-order valence-electron chi connectivity index (χ3n) is 4.84. The van der Waals surface area contributed by atoms with Crippen LogP contribution in [0.4, 0.5) is 0 Å². The lowest BCUT2D eigenvalue weighted by molar-refractivity contribution is -0.881. The van der Waals surface area contributed by atoms with E-state index in [1.807, 2.05) is 0 Å². The highest BCUT2D eigenvalue weighted by molar-refractivity contribution is 5.18. The number of allylic oxidation sites excluding steroid dienone is 3. The van der Waals surface area contributed by atoms with Gasteiger partial charge in [-0.1, -0.05) is 31.4 Å². The Balaban J connectivity index is 2.03. The van der Waals surface area contributed by atoms with Crippen LogP contribution in [-0.4, -0.2) is 24.6 Å². The first kappa shape index (κ1) is 11.9. The maximum Gasteiger partial charge on any atom is 0.112 e. The van der Waals surface area contributed by atoms with Crippen LogP contribution in [0.5, 0.6) is 0 Å². The number of hydrogen-bond donors (Lipinski definition) is 0. The Labute approximate surface area is 100 Å². The van der Waals surface area contributed by atoms with Crippen LogP contribution in [0.1, 0.15) is 45.4 Å². The lowest BCUT2D eigenvalue weighted by Gasteiger charge is -2.42. The van der Waals surface area contributed by atoms with E-state index in [1.165, 1.54) is 32.1 Å². The molecule has 0 saturated heterocycles. The van der Waals surface area contributed by atoms with Crippen LogP contribution in [0, 0.1) is 5.92 Å². The highest BCUT2D eigenvalue weighted by Crippen LogP contribution is 2.34. The van der Waals surface area contributed by atoms with Gasteiger partial charge in [0.25, 0.3) is 0 Å². The van der Waals surface area contributed by atoms with Gasteiger partial charge in [-0.2, -0.15) is 0 Å². The minimum Gasteiger partial charge on any atom is -0.297 e. The van der Waals surface area contributed by atoms with Crippen molar-refractivity contribution < 1.29 is 4.48 Å². The summed E-state index contributed by atoms with van der Waals surface area (Å²) in [5.74, 6) is 0.935. The van der Waals surface area contributed by atoms with Crippen molar-refractivity contribution in [2.75, 3.05) is 14.1 Å². The topological polar surface area (TPSA) is 0 Å². The smallest absolute Gasteiger partial charge is 0.112 e. The molecule has 0 aromatic carbocycles. The third-order valence-corrected chi connectivity index (χ3v) is 4.84. The van der Waals surface area contributed by atoms with Crippen LogP contribution >= 0.6 is 0 Å². The summed E-state index contributed by atoms with van der Waals surface area (Å²) in [6.07, 6.45) is 15.2. The molecule has 1 atom stereocenters. The van der Waals surface area contributed by atoms with Crippen LogP contribution in [0.15, 0.2) is 23.9 Å².